The van der Waals surface area contributed by atoms with Gasteiger partial charge in [-0.1, -0.05) is 0 Å². The van der Waals surface area contributed by atoms with Gasteiger partial charge in [-0.25, -0.2) is 13.2 Å². The Morgan fingerprint density at radius 2 is 2.00 bits per heavy atom. The Labute approximate surface area is 77.7 Å². The number of rotatable bonds is 2. The predicted octanol–water partition coefficient (Wildman–Crippen LogP) is 1.00. The number of carbonyl (C=O) groups is 1. The van der Waals surface area contributed by atoms with Crippen molar-refractivity contribution in [1.82, 2.24) is 0 Å². The molecule has 6 heteroatoms. The van der Waals surface area contributed by atoms with Gasteiger partial charge in [0.1, 0.15) is 5.82 Å². The van der Waals surface area contributed by atoms with Gasteiger partial charge in [0.05, 0.1) is 12.2 Å². The van der Waals surface area contributed by atoms with E-state index in [1.807, 2.05) is 5.32 Å². The first-order valence-corrected chi connectivity index (χ1v) is 3.69. The van der Waals surface area contributed by atoms with Crippen LogP contribution in [0.5, 0.6) is 0 Å². The molecule has 0 atom stereocenters. The fourth-order valence-corrected chi connectivity index (χ4v) is 0.848. The molecule has 1 amide bonds. The molecule has 0 radical (unpaired) electrons. The first-order chi connectivity index (χ1) is 6.54. The third kappa shape index (κ3) is 2.23. The van der Waals surface area contributed by atoms with Crippen molar-refractivity contribution in [3.05, 3.63) is 29.6 Å². The van der Waals surface area contributed by atoms with Gasteiger partial charge in [-0.15, -0.1) is 0 Å². The van der Waals surface area contributed by atoms with Crippen LogP contribution in [0, 0.1) is 17.5 Å². The standard InChI is InChI=1S/C8H7F3N2O/c9-4-1-5(10)8(11)6(2-4)13-7(14)3-12/h1-2H,3,12H2,(H,13,14). The van der Waals surface area contributed by atoms with Crippen LogP contribution in [-0.2, 0) is 4.79 Å². The lowest BCUT2D eigenvalue weighted by atomic mass is 10.3. The van der Waals surface area contributed by atoms with Gasteiger partial charge in [-0.05, 0) is 0 Å². The minimum Gasteiger partial charge on any atom is -0.322 e. The molecular formula is C8H7F3N2O. The molecule has 0 aromatic heterocycles. The molecule has 0 aliphatic rings. The summed E-state index contributed by atoms with van der Waals surface area (Å²) in [5.74, 6) is -4.38. The molecular weight excluding hydrogens is 197 g/mol. The van der Waals surface area contributed by atoms with Crippen LogP contribution < -0.4 is 11.1 Å². The summed E-state index contributed by atoms with van der Waals surface area (Å²) in [6.45, 7) is -0.391. The molecule has 0 bridgehead atoms. The molecule has 0 fully saturated rings. The fraction of sp³-hybridized carbons (Fsp3) is 0.125. The maximum atomic E-state index is 12.9. The molecule has 3 N–H and O–H groups in total. The van der Waals surface area contributed by atoms with E-state index in [4.69, 9.17) is 5.73 Å². The average molecular weight is 204 g/mol. The first kappa shape index (κ1) is 10.5. The Kier molecular flexibility index (Phi) is 3.08. The van der Waals surface area contributed by atoms with Crippen molar-refractivity contribution in [2.75, 3.05) is 11.9 Å². The van der Waals surface area contributed by atoms with E-state index in [9.17, 15) is 18.0 Å². The summed E-state index contributed by atoms with van der Waals surface area (Å²) < 4.78 is 38.1. The second kappa shape index (κ2) is 4.10. The summed E-state index contributed by atoms with van der Waals surface area (Å²) in [5.41, 5.74) is 4.37. The van der Waals surface area contributed by atoms with Gasteiger partial charge in [-0.3, -0.25) is 4.79 Å². The summed E-state index contributed by atoms with van der Waals surface area (Å²) >= 11 is 0. The fourth-order valence-electron chi connectivity index (χ4n) is 0.848. The highest BCUT2D eigenvalue weighted by atomic mass is 19.2. The van der Waals surface area contributed by atoms with E-state index in [1.165, 1.54) is 0 Å². The van der Waals surface area contributed by atoms with Crippen molar-refractivity contribution in [3.63, 3.8) is 0 Å². The summed E-state index contributed by atoms with van der Waals surface area (Å²) in [6, 6.07) is 1.05. The zero-order valence-corrected chi connectivity index (χ0v) is 6.98. The van der Waals surface area contributed by atoms with Crippen LogP contribution in [0.25, 0.3) is 0 Å². The Bertz CT molecular complexity index is 368. The molecule has 1 aromatic carbocycles. The van der Waals surface area contributed by atoms with Crippen LogP contribution in [0.15, 0.2) is 12.1 Å². The van der Waals surface area contributed by atoms with Gasteiger partial charge in [0, 0.05) is 12.1 Å². The van der Waals surface area contributed by atoms with Crippen LogP contribution in [0.4, 0.5) is 18.9 Å². The maximum absolute atomic E-state index is 12.9. The molecule has 1 aromatic rings. The third-order valence-electron chi connectivity index (χ3n) is 1.45. The minimum absolute atomic E-state index is 0.382. The smallest absolute Gasteiger partial charge is 0.238 e. The second-order valence-electron chi connectivity index (χ2n) is 2.50. The summed E-state index contributed by atoms with van der Waals surface area (Å²) in [7, 11) is 0. The van der Waals surface area contributed by atoms with Gasteiger partial charge in [0.15, 0.2) is 11.6 Å². The molecule has 0 aliphatic heterocycles. The van der Waals surface area contributed by atoms with Gasteiger partial charge in [0.25, 0.3) is 0 Å². The zero-order valence-electron chi connectivity index (χ0n) is 6.98. The van der Waals surface area contributed by atoms with Crippen molar-refractivity contribution in [2.24, 2.45) is 5.73 Å². The lowest BCUT2D eigenvalue weighted by Gasteiger charge is -2.05. The van der Waals surface area contributed by atoms with Gasteiger partial charge >= 0.3 is 0 Å². The monoisotopic (exact) mass is 204 g/mol. The predicted molar refractivity (Wildman–Crippen MR) is 44.0 cm³/mol. The number of anilines is 1. The van der Waals surface area contributed by atoms with Crippen molar-refractivity contribution >= 4 is 11.6 Å². The lowest BCUT2D eigenvalue weighted by Crippen LogP contribution is -2.22. The molecule has 14 heavy (non-hydrogen) atoms. The third-order valence-corrected chi connectivity index (χ3v) is 1.45. The SMILES string of the molecule is NCC(=O)Nc1cc(F)cc(F)c1F. The van der Waals surface area contributed by atoms with Crippen molar-refractivity contribution in [2.45, 2.75) is 0 Å². The lowest BCUT2D eigenvalue weighted by molar-refractivity contribution is -0.114. The van der Waals surface area contributed by atoms with E-state index in [0.29, 0.717) is 12.1 Å². The van der Waals surface area contributed by atoms with E-state index in [-0.39, 0.29) is 0 Å². The molecule has 3 nitrogen and oxygen atoms in total. The van der Waals surface area contributed by atoms with E-state index in [2.05, 4.69) is 0 Å². The topological polar surface area (TPSA) is 55.1 Å². The Morgan fingerprint density at radius 3 is 2.57 bits per heavy atom. The molecule has 0 heterocycles. The number of nitrogens with two attached hydrogens (primary N) is 1. The van der Waals surface area contributed by atoms with Gasteiger partial charge in [-0.2, -0.15) is 0 Å². The van der Waals surface area contributed by atoms with Crippen LogP contribution in [0.1, 0.15) is 0 Å². The van der Waals surface area contributed by atoms with E-state index in [1.54, 1.807) is 0 Å². The van der Waals surface area contributed by atoms with E-state index in [0.717, 1.165) is 0 Å². The maximum Gasteiger partial charge on any atom is 0.238 e. The number of halogens is 3. The van der Waals surface area contributed by atoms with Gasteiger partial charge in [0.2, 0.25) is 5.91 Å². The van der Waals surface area contributed by atoms with Crippen LogP contribution >= 0.6 is 0 Å². The average Bonchev–Trinajstić information content (AvgIpc) is 2.13. The summed E-state index contributed by atoms with van der Waals surface area (Å²) in [4.78, 5) is 10.7. The quantitative estimate of drug-likeness (QED) is 0.706. The highest BCUT2D eigenvalue weighted by Crippen LogP contribution is 2.18. The highest BCUT2D eigenvalue weighted by Gasteiger charge is 2.12. The van der Waals surface area contributed by atoms with Crippen LogP contribution in [0.2, 0.25) is 0 Å². The number of amides is 1. The largest absolute Gasteiger partial charge is 0.322 e. The molecule has 0 spiro atoms. The second-order valence-corrected chi connectivity index (χ2v) is 2.50. The molecule has 76 valence electrons. The highest BCUT2D eigenvalue weighted by molar-refractivity contribution is 5.92. The molecule has 0 aliphatic carbocycles. The van der Waals surface area contributed by atoms with Gasteiger partial charge < -0.3 is 11.1 Å². The zero-order chi connectivity index (χ0) is 10.7. The summed E-state index contributed by atoms with van der Waals surface area (Å²) in [6.07, 6.45) is 0. The molecule has 0 saturated heterocycles. The normalized spacial score (nSPS) is 10.0. The van der Waals surface area contributed by atoms with Crippen molar-refractivity contribution < 1.29 is 18.0 Å². The number of carbonyl (C=O) groups excluding carboxylic acids is 1. The minimum atomic E-state index is -1.36. The van der Waals surface area contributed by atoms with E-state index < -0.39 is 35.6 Å². The number of hydrogen-bond acceptors (Lipinski definition) is 2. The number of hydrogen-bond donors (Lipinski definition) is 2. The van der Waals surface area contributed by atoms with E-state index >= 15 is 0 Å². The molecule has 1 rings (SSSR count). The number of nitrogens with one attached hydrogen (secondary N) is 1. The summed E-state index contributed by atoms with van der Waals surface area (Å²) in [5, 5.41) is 1.92. The molecule has 0 saturated carbocycles. The van der Waals surface area contributed by atoms with Crippen molar-refractivity contribution in [1.29, 1.82) is 0 Å². The molecule has 0 unspecified atom stereocenters. The van der Waals surface area contributed by atoms with Crippen LogP contribution in [-0.4, -0.2) is 12.5 Å². The number of benzene rings is 1. The Balaban J connectivity index is 3.02. The Morgan fingerprint density at radius 1 is 1.36 bits per heavy atom. The van der Waals surface area contributed by atoms with Crippen LogP contribution in [0.3, 0.4) is 0 Å². The Hall–Kier alpha value is -1.56. The first-order valence-electron chi connectivity index (χ1n) is 3.69. The van der Waals surface area contributed by atoms with Crippen molar-refractivity contribution in [3.8, 4) is 0 Å².